The molecule has 0 aromatic carbocycles. The topological polar surface area (TPSA) is 78.9 Å². The molecule has 0 rings (SSSR count). The fourth-order valence-corrected chi connectivity index (χ4v) is 0.734. The minimum absolute atomic E-state index is 0.607. The van der Waals surface area contributed by atoms with Crippen molar-refractivity contribution >= 4 is 17.9 Å². The third-order valence-corrected chi connectivity index (χ3v) is 1.50. The molecule has 0 heterocycles. The van der Waals surface area contributed by atoms with Crippen LogP contribution in [0, 0.1) is 0 Å². The third-order valence-electron chi connectivity index (χ3n) is 1.50. The Labute approximate surface area is 111 Å². The van der Waals surface area contributed by atoms with E-state index in [0.29, 0.717) is 6.92 Å². The zero-order valence-electron chi connectivity index (χ0n) is 10.2. The molecule has 0 aromatic heterocycles. The van der Waals surface area contributed by atoms with Crippen LogP contribution >= 0.6 is 0 Å². The fourth-order valence-electron chi connectivity index (χ4n) is 0.734. The third kappa shape index (κ3) is 5.38. The molecule has 0 aromatic rings. The maximum absolute atomic E-state index is 12.5. The van der Waals surface area contributed by atoms with E-state index in [1.165, 1.54) is 0 Å². The van der Waals surface area contributed by atoms with Crippen LogP contribution in [0.1, 0.15) is 6.92 Å². The summed E-state index contributed by atoms with van der Waals surface area (Å²) in [5.74, 6) is -13.2. The molecule has 0 fully saturated rings. The standard InChI is InChI=1S/C11H9F3O6/c1-5(12)8(15)18-11(4,19-9(16)6(2)13)20-10(17)7(3)14/h1-3H2,4H3. The molecule has 0 unspecified atom stereocenters. The second kappa shape index (κ2) is 6.55. The van der Waals surface area contributed by atoms with Gasteiger partial charge >= 0.3 is 23.9 Å². The van der Waals surface area contributed by atoms with Gasteiger partial charge in [-0.2, -0.15) is 13.2 Å². The van der Waals surface area contributed by atoms with Crippen LogP contribution < -0.4 is 0 Å². The van der Waals surface area contributed by atoms with Gasteiger partial charge in [0.1, 0.15) is 0 Å². The van der Waals surface area contributed by atoms with Gasteiger partial charge in [0.05, 0.1) is 6.92 Å². The summed E-state index contributed by atoms with van der Waals surface area (Å²) < 4.78 is 49.8. The minimum atomic E-state index is -2.94. The molecule has 0 N–H and O–H groups in total. The Bertz CT molecular complexity index is 427. The fraction of sp³-hybridized carbons (Fsp3) is 0.182. The van der Waals surface area contributed by atoms with Crippen LogP contribution in [0.3, 0.4) is 0 Å². The zero-order chi connectivity index (χ0) is 16.1. The molecule has 0 aliphatic rings. The average molecular weight is 294 g/mol. The van der Waals surface area contributed by atoms with Crippen LogP contribution in [0.4, 0.5) is 13.2 Å². The first-order valence-corrected chi connectivity index (χ1v) is 4.71. The van der Waals surface area contributed by atoms with Gasteiger partial charge in [0.25, 0.3) is 0 Å². The van der Waals surface area contributed by atoms with Crippen molar-refractivity contribution in [2.45, 2.75) is 12.9 Å². The van der Waals surface area contributed by atoms with E-state index in [1.807, 2.05) is 0 Å². The van der Waals surface area contributed by atoms with E-state index >= 15 is 0 Å². The van der Waals surface area contributed by atoms with Gasteiger partial charge in [0.2, 0.25) is 17.5 Å². The monoisotopic (exact) mass is 294 g/mol. The maximum atomic E-state index is 12.5. The van der Waals surface area contributed by atoms with E-state index in [-0.39, 0.29) is 0 Å². The molecule has 6 nitrogen and oxygen atoms in total. The molecule has 0 spiro atoms. The molecule has 0 saturated carbocycles. The molecular weight excluding hydrogens is 285 g/mol. The predicted octanol–water partition coefficient (Wildman–Crippen LogP) is 1.74. The highest BCUT2D eigenvalue weighted by Crippen LogP contribution is 2.20. The van der Waals surface area contributed by atoms with Gasteiger partial charge < -0.3 is 14.2 Å². The number of esters is 3. The van der Waals surface area contributed by atoms with Gasteiger partial charge in [0, 0.05) is 0 Å². The summed E-state index contributed by atoms with van der Waals surface area (Å²) in [6.45, 7) is 8.29. The van der Waals surface area contributed by atoms with Gasteiger partial charge in [-0.1, -0.05) is 19.7 Å². The smallest absolute Gasteiger partial charge is 0.383 e. The van der Waals surface area contributed by atoms with Crippen molar-refractivity contribution in [1.29, 1.82) is 0 Å². The van der Waals surface area contributed by atoms with Crippen molar-refractivity contribution < 1.29 is 41.8 Å². The maximum Gasteiger partial charge on any atom is 0.421 e. The van der Waals surface area contributed by atoms with Crippen molar-refractivity contribution in [3.05, 3.63) is 37.2 Å². The number of hydrogen-bond donors (Lipinski definition) is 0. The second-order valence-electron chi connectivity index (χ2n) is 3.25. The number of carbonyl (C=O) groups is 3. The van der Waals surface area contributed by atoms with E-state index < -0.39 is 41.4 Å². The molecule has 0 aliphatic carbocycles. The normalized spacial score (nSPS) is 10.2. The summed E-state index contributed by atoms with van der Waals surface area (Å²) in [7, 11) is 0. The van der Waals surface area contributed by atoms with E-state index in [0.717, 1.165) is 0 Å². The molecule has 110 valence electrons. The van der Waals surface area contributed by atoms with Crippen LogP contribution in [-0.2, 0) is 28.6 Å². The summed E-state index contributed by atoms with van der Waals surface area (Å²) in [4.78, 5) is 32.8. The van der Waals surface area contributed by atoms with Gasteiger partial charge in [-0.05, 0) is 0 Å². The quantitative estimate of drug-likeness (QED) is 0.422. The number of halogens is 3. The largest absolute Gasteiger partial charge is 0.421 e. The lowest BCUT2D eigenvalue weighted by molar-refractivity contribution is -0.317. The minimum Gasteiger partial charge on any atom is -0.383 e. The Morgan fingerprint density at radius 3 is 1.10 bits per heavy atom. The Morgan fingerprint density at radius 1 is 0.750 bits per heavy atom. The summed E-state index contributed by atoms with van der Waals surface area (Å²) in [5, 5.41) is 0. The number of ether oxygens (including phenoxy) is 3. The van der Waals surface area contributed by atoms with Crippen molar-refractivity contribution in [3.8, 4) is 0 Å². The first-order chi connectivity index (χ1) is 8.98. The Kier molecular flexibility index (Phi) is 5.70. The summed E-state index contributed by atoms with van der Waals surface area (Å²) >= 11 is 0. The summed E-state index contributed by atoms with van der Waals surface area (Å²) in [5.41, 5.74) is 0. The van der Waals surface area contributed by atoms with Crippen LogP contribution in [-0.4, -0.2) is 23.9 Å². The molecule has 0 saturated heterocycles. The molecule has 0 radical (unpaired) electrons. The van der Waals surface area contributed by atoms with Gasteiger partial charge in [-0.3, -0.25) is 0 Å². The van der Waals surface area contributed by atoms with Crippen molar-refractivity contribution in [1.82, 2.24) is 0 Å². The number of rotatable bonds is 6. The summed E-state index contributed by atoms with van der Waals surface area (Å²) in [6, 6.07) is 0. The molecule has 20 heavy (non-hydrogen) atoms. The predicted molar refractivity (Wildman–Crippen MR) is 57.4 cm³/mol. The lowest BCUT2D eigenvalue weighted by Gasteiger charge is -2.26. The van der Waals surface area contributed by atoms with E-state index in [2.05, 4.69) is 33.9 Å². The highest BCUT2D eigenvalue weighted by molar-refractivity contribution is 5.88. The Hall–Kier alpha value is -2.58. The average Bonchev–Trinajstić information content (AvgIpc) is 2.27. The second-order valence-corrected chi connectivity index (χ2v) is 3.25. The van der Waals surface area contributed by atoms with E-state index in [9.17, 15) is 27.6 Å². The van der Waals surface area contributed by atoms with Crippen LogP contribution in [0.25, 0.3) is 0 Å². The Morgan fingerprint density at radius 2 is 0.950 bits per heavy atom. The Balaban J connectivity index is 5.21. The van der Waals surface area contributed by atoms with Crippen LogP contribution in [0.15, 0.2) is 37.2 Å². The molecule has 0 atom stereocenters. The van der Waals surface area contributed by atoms with Gasteiger partial charge in [-0.15, -0.1) is 0 Å². The van der Waals surface area contributed by atoms with Crippen LogP contribution in [0.2, 0.25) is 0 Å². The SMILES string of the molecule is C=C(F)C(=O)OC(C)(OC(=O)C(=C)F)OC(=O)C(=C)F. The lowest BCUT2D eigenvalue weighted by Crippen LogP contribution is -2.42. The first-order valence-electron chi connectivity index (χ1n) is 4.71. The highest BCUT2D eigenvalue weighted by Gasteiger charge is 2.40. The van der Waals surface area contributed by atoms with Crippen LogP contribution in [0.5, 0.6) is 0 Å². The summed E-state index contributed by atoms with van der Waals surface area (Å²) in [6.07, 6.45) is 0. The van der Waals surface area contributed by atoms with Gasteiger partial charge in [0.15, 0.2) is 0 Å². The molecular formula is C11H9F3O6. The van der Waals surface area contributed by atoms with Crippen molar-refractivity contribution in [3.63, 3.8) is 0 Å². The lowest BCUT2D eigenvalue weighted by atomic mass is 10.5. The van der Waals surface area contributed by atoms with Crippen molar-refractivity contribution in [2.24, 2.45) is 0 Å². The zero-order valence-corrected chi connectivity index (χ0v) is 10.2. The van der Waals surface area contributed by atoms with Gasteiger partial charge in [-0.25, -0.2) is 14.4 Å². The van der Waals surface area contributed by atoms with Crippen molar-refractivity contribution in [2.75, 3.05) is 0 Å². The number of carbonyl (C=O) groups excluding carboxylic acids is 3. The first kappa shape index (κ1) is 17.4. The molecule has 0 bridgehead atoms. The number of hydrogen-bond acceptors (Lipinski definition) is 6. The van der Waals surface area contributed by atoms with E-state index in [1.54, 1.807) is 0 Å². The molecule has 0 aliphatic heterocycles. The van der Waals surface area contributed by atoms with E-state index in [4.69, 9.17) is 0 Å². The highest BCUT2D eigenvalue weighted by atomic mass is 19.1. The molecule has 0 amide bonds. The molecule has 9 heteroatoms.